The van der Waals surface area contributed by atoms with Gasteiger partial charge in [-0.2, -0.15) is 0 Å². The Balaban J connectivity index is 0.728. The summed E-state index contributed by atoms with van der Waals surface area (Å²) in [5, 5.41) is 0. The molecule has 1 spiro atoms. The SMILES string of the molecule is c1ccc(N(c2ccccc2)c2ccc(-c3ccc(N(c4ccccc4)c4ccc(-c5ccc(N(c6ccccc6)c6ccc(N(c7ccccc7)c7ccc8c(c7)C7(CCCCC7)c7ccccc7-8)cc6)cc5)cc4)cc3)cc2)cc1. The average molecular weight is 1060 g/mol. The van der Waals surface area contributed by atoms with Crippen LogP contribution in [-0.2, 0) is 5.41 Å². The Labute approximate surface area is 482 Å². The Kier molecular flexibility index (Phi) is 13.5. The number of anilines is 12. The van der Waals surface area contributed by atoms with E-state index < -0.39 is 0 Å². The lowest BCUT2D eigenvalue weighted by atomic mass is 9.68. The molecule has 0 aromatic heterocycles. The second-order valence-electron chi connectivity index (χ2n) is 21.6. The first-order valence-corrected chi connectivity index (χ1v) is 28.9. The van der Waals surface area contributed by atoms with Gasteiger partial charge in [0.2, 0.25) is 0 Å². The van der Waals surface area contributed by atoms with Crippen LogP contribution in [0.25, 0.3) is 33.4 Å². The van der Waals surface area contributed by atoms with Crippen molar-refractivity contribution < 1.29 is 0 Å². The van der Waals surface area contributed by atoms with E-state index in [-0.39, 0.29) is 5.41 Å². The minimum absolute atomic E-state index is 0.0756. The lowest BCUT2D eigenvalue weighted by molar-refractivity contribution is 0.353. The number of benzene rings is 12. The molecule has 1 saturated carbocycles. The Morgan fingerprint density at radius 1 is 0.195 bits per heavy atom. The van der Waals surface area contributed by atoms with E-state index >= 15 is 0 Å². The molecular weight excluding hydrogens is 993 g/mol. The van der Waals surface area contributed by atoms with Gasteiger partial charge in [0.05, 0.1) is 0 Å². The van der Waals surface area contributed by atoms with Crippen LogP contribution in [0.15, 0.2) is 315 Å². The predicted molar refractivity (Wildman–Crippen MR) is 345 cm³/mol. The number of hydrogen-bond donors (Lipinski definition) is 0. The molecule has 12 aromatic rings. The summed E-state index contributed by atoms with van der Waals surface area (Å²) in [6, 6.07) is 115. The summed E-state index contributed by atoms with van der Waals surface area (Å²) in [6.07, 6.45) is 6.26. The molecule has 4 heteroatoms. The highest BCUT2D eigenvalue weighted by atomic mass is 15.2. The van der Waals surface area contributed by atoms with Gasteiger partial charge >= 0.3 is 0 Å². The van der Waals surface area contributed by atoms with Gasteiger partial charge in [0.1, 0.15) is 0 Å². The molecule has 0 bridgehead atoms. The normalized spacial score (nSPS) is 13.0. The Hall–Kier alpha value is -10.2. The van der Waals surface area contributed by atoms with Gasteiger partial charge in [0.15, 0.2) is 0 Å². The van der Waals surface area contributed by atoms with Crippen molar-refractivity contribution in [3.8, 4) is 33.4 Å². The van der Waals surface area contributed by atoms with Crippen LogP contribution in [-0.4, -0.2) is 0 Å². The maximum Gasteiger partial charge on any atom is 0.0465 e. The molecule has 4 nitrogen and oxygen atoms in total. The van der Waals surface area contributed by atoms with E-state index in [0.29, 0.717) is 0 Å². The van der Waals surface area contributed by atoms with Gasteiger partial charge in [-0.25, -0.2) is 0 Å². The largest absolute Gasteiger partial charge is 0.311 e. The standard InChI is InChI=1S/C78H62N4/c1-7-21-62(22-8-1)79(63-23-9-2-10-24-63)67-41-33-58(34-42-67)59-35-43-68(44-36-59)80(64-25-11-3-12-26-64)69-45-37-60(38-46-69)61-39-47-70(48-40-61)81(65-27-13-4-14-28-65)71-49-51-72(52-50-71)82(66-29-15-5-16-30-66)73-53-54-75-74-31-17-18-32-76(74)78(77(75)57-73)55-19-6-20-56-78/h1-5,7-18,21-54,57H,6,19-20,55-56H2. The maximum atomic E-state index is 2.51. The van der Waals surface area contributed by atoms with Crippen LogP contribution in [0.3, 0.4) is 0 Å². The van der Waals surface area contributed by atoms with Gasteiger partial charge in [-0.3, -0.25) is 0 Å². The molecule has 0 unspecified atom stereocenters. The molecule has 12 aromatic carbocycles. The summed E-state index contributed by atoms with van der Waals surface area (Å²) in [6.45, 7) is 0. The third-order valence-corrected chi connectivity index (χ3v) is 16.8. The Bertz CT molecular complexity index is 4030. The summed E-state index contributed by atoms with van der Waals surface area (Å²) in [5.41, 5.74) is 23.9. The van der Waals surface area contributed by atoms with Gasteiger partial charge in [0.25, 0.3) is 0 Å². The zero-order valence-corrected chi connectivity index (χ0v) is 45.8. The van der Waals surface area contributed by atoms with Crippen molar-refractivity contribution in [2.75, 3.05) is 19.6 Å². The summed E-state index contributed by atoms with van der Waals surface area (Å²) in [5.74, 6) is 0. The fourth-order valence-corrected chi connectivity index (χ4v) is 12.9. The van der Waals surface area contributed by atoms with Crippen LogP contribution in [0.5, 0.6) is 0 Å². The van der Waals surface area contributed by atoms with E-state index in [1.807, 2.05) is 0 Å². The highest BCUT2D eigenvalue weighted by Gasteiger charge is 2.44. The van der Waals surface area contributed by atoms with Crippen LogP contribution in [0, 0.1) is 0 Å². The second-order valence-corrected chi connectivity index (χ2v) is 21.6. The molecule has 82 heavy (non-hydrogen) atoms. The second kappa shape index (κ2) is 22.2. The van der Waals surface area contributed by atoms with Crippen molar-refractivity contribution in [2.24, 2.45) is 0 Å². The van der Waals surface area contributed by atoms with Gasteiger partial charge in [-0.05, 0) is 203 Å². The molecule has 0 radical (unpaired) electrons. The lowest BCUT2D eigenvalue weighted by Crippen LogP contribution is -2.28. The van der Waals surface area contributed by atoms with Crippen molar-refractivity contribution >= 4 is 68.2 Å². The molecule has 0 amide bonds. The minimum atomic E-state index is 0.0756. The van der Waals surface area contributed by atoms with Crippen molar-refractivity contribution in [3.63, 3.8) is 0 Å². The fraction of sp³-hybridized carbons (Fsp3) is 0.0769. The topological polar surface area (TPSA) is 13.0 Å². The third kappa shape index (κ3) is 9.58. The summed E-state index contributed by atoms with van der Waals surface area (Å²) in [4.78, 5) is 9.41. The molecule has 0 heterocycles. The van der Waals surface area contributed by atoms with Crippen molar-refractivity contribution in [2.45, 2.75) is 37.5 Å². The monoisotopic (exact) mass is 1050 g/mol. The Morgan fingerprint density at radius 3 is 0.768 bits per heavy atom. The van der Waals surface area contributed by atoms with E-state index in [9.17, 15) is 0 Å². The Morgan fingerprint density at radius 2 is 0.439 bits per heavy atom. The van der Waals surface area contributed by atoms with E-state index in [2.05, 4.69) is 335 Å². The predicted octanol–water partition coefficient (Wildman–Crippen LogP) is 22.1. The van der Waals surface area contributed by atoms with Crippen LogP contribution in [0.4, 0.5) is 68.2 Å². The fourth-order valence-electron chi connectivity index (χ4n) is 12.9. The molecule has 0 N–H and O–H groups in total. The molecule has 0 aliphatic heterocycles. The molecule has 14 rings (SSSR count). The first-order chi connectivity index (χ1) is 40.6. The molecular formula is C78H62N4. The number of nitrogens with zero attached hydrogens (tertiary/aromatic N) is 4. The lowest BCUT2D eigenvalue weighted by Gasteiger charge is -2.36. The smallest absolute Gasteiger partial charge is 0.0465 e. The van der Waals surface area contributed by atoms with E-state index in [0.717, 1.165) is 79.3 Å². The number of para-hydroxylation sites is 5. The van der Waals surface area contributed by atoms with Crippen molar-refractivity contribution in [1.29, 1.82) is 0 Å². The zero-order valence-electron chi connectivity index (χ0n) is 45.8. The van der Waals surface area contributed by atoms with Gasteiger partial charge in [-0.15, -0.1) is 0 Å². The van der Waals surface area contributed by atoms with Crippen LogP contribution >= 0.6 is 0 Å². The van der Waals surface area contributed by atoms with Crippen LogP contribution < -0.4 is 19.6 Å². The molecule has 1 fully saturated rings. The minimum Gasteiger partial charge on any atom is -0.311 e. The van der Waals surface area contributed by atoms with Crippen molar-refractivity contribution in [3.05, 3.63) is 327 Å². The summed E-state index contributed by atoms with van der Waals surface area (Å²) >= 11 is 0. The average Bonchev–Trinajstić information content (AvgIpc) is 2.87. The first-order valence-electron chi connectivity index (χ1n) is 28.9. The van der Waals surface area contributed by atoms with E-state index in [4.69, 9.17) is 0 Å². The molecule has 0 atom stereocenters. The van der Waals surface area contributed by atoms with Crippen molar-refractivity contribution in [1.82, 2.24) is 0 Å². The molecule has 2 aliphatic rings. The quantitative estimate of drug-likeness (QED) is 0.108. The van der Waals surface area contributed by atoms with Gasteiger partial charge < -0.3 is 19.6 Å². The highest BCUT2D eigenvalue weighted by molar-refractivity contribution is 5.88. The third-order valence-electron chi connectivity index (χ3n) is 16.8. The number of rotatable bonds is 14. The van der Waals surface area contributed by atoms with E-state index in [1.54, 1.807) is 0 Å². The molecule has 0 saturated heterocycles. The molecule has 394 valence electrons. The van der Waals surface area contributed by atoms with Crippen LogP contribution in [0.1, 0.15) is 43.2 Å². The number of hydrogen-bond acceptors (Lipinski definition) is 4. The van der Waals surface area contributed by atoms with Gasteiger partial charge in [-0.1, -0.05) is 189 Å². The zero-order chi connectivity index (χ0) is 54.7. The molecule has 2 aliphatic carbocycles. The highest BCUT2D eigenvalue weighted by Crippen LogP contribution is 2.57. The maximum absolute atomic E-state index is 2.51. The van der Waals surface area contributed by atoms with Crippen LogP contribution in [0.2, 0.25) is 0 Å². The summed E-state index contributed by atoms with van der Waals surface area (Å²) < 4.78 is 0. The first kappa shape index (κ1) is 50.1. The van der Waals surface area contributed by atoms with Gasteiger partial charge in [0, 0.05) is 73.7 Å². The number of fused-ring (bicyclic) bond motifs is 5. The van der Waals surface area contributed by atoms with E-state index in [1.165, 1.54) is 65.6 Å². The summed E-state index contributed by atoms with van der Waals surface area (Å²) in [7, 11) is 0.